The summed E-state index contributed by atoms with van der Waals surface area (Å²) >= 11 is 0. The van der Waals surface area contributed by atoms with Crippen molar-refractivity contribution in [3.63, 3.8) is 0 Å². The van der Waals surface area contributed by atoms with Crippen LogP contribution >= 0.6 is 0 Å². The number of hydrogen-bond acceptors (Lipinski definition) is 4. The van der Waals surface area contributed by atoms with Gasteiger partial charge in [-0.2, -0.15) is 0 Å². The van der Waals surface area contributed by atoms with E-state index >= 15 is 0 Å². The molecular formula is H12O10SZn4. The van der Waals surface area contributed by atoms with Crippen LogP contribution in [0.3, 0.4) is 0 Å². The molecule has 0 heterocycles. The molecule has 0 aromatic rings. The third-order valence-electron chi connectivity index (χ3n) is 0. The molecule has 0 radical (unpaired) electrons. The fraction of sp³-hybridized carbons (Fsp3) is 0. The van der Waals surface area contributed by atoms with E-state index in [9.17, 15) is 0 Å². The van der Waals surface area contributed by atoms with Crippen LogP contribution in [0.2, 0.25) is 0 Å². The third-order valence-corrected chi connectivity index (χ3v) is 0. The van der Waals surface area contributed by atoms with Gasteiger partial charge in [-0.05, 0) is 0 Å². The fourth-order valence-electron chi connectivity index (χ4n) is 0. The van der Waals surface area contributed by atoms with Gasteiger partial charge in [0.25, 0.3) is 0 Å². The van der Waals surface area contributed by atoms with E-state index in [0.717, 1.165) is 0 Å². The molecule has 0 unspecified atom stereocenters. The van der Waals surface area contributed by atoms with Gasteiger partial charge in [-0.25, -0.2) is 0 Å². The average molecular weight is 466 g/mol. The monoisotopic (exact) mass is 460 g/mol. The summed E-state index contributed by atoms with van der Waals surface area (Å²) in [5, 5.41) is 0. The second kappa shape index (κ2) is 55.9. The molecule has 0 aliphatic heterocycles. The van der Waals surface area contributed by atoms with Crippen molar-refractivity contribution >= 4 is 10.4 Å². The van der Waals surface area contributed by atoms with Crippen molar-refractivity contribution in [3.8, 4) is 0 Å². The normalized spacial score (nSPS) is 3.87. The molecule has 0 aromatic heterocycles. The van der Waals surface area contributed by atoms with Crippen molar-refractivity contribution < 1.29 is 128 Å². The van der Waals surface area contributed by atoms with Crippen LogP contribution in [-0.4, -0.2) is 50.4 Å². The van der Waals surface area contributed by atoms with E-state index in [-0.39, 0.29) is 111 Å². The molecule has 0 amide bonds. The summed E-state index contributed by atoms with van der Waals surface area (Å²) in [4.78, 5) is 0. The first kappa shape index (κ1) is 119. The van der Waals surface area contributed by atoms with Crippen molar-refractivity contribution in [3.05, 3.63) is 0 Å². The molecule has 15 heavy (non-hydrogen) atoms. The molecule has 0 aromatic carbocycles. The van der Waals surface area contributed by atoms with E-state index in [0.29, 0.717) is 0 Å². The smallest absolute Gasteiger partial charge is 0.759 e. The summed E-state index contributed by atoms with van der Waals surface area (Å²) < 4.78 is 34.1. The number of rotatable bonds is 0. The Balaban J connectivity index is -0.00000000178. The summed E-state index contributed by atoms with van der Waals surface area (Å²) in [6, 6.07) is 0. The summed E-state index contributed by atoms with van der Waals surface area (Å²) in [5.74, 6) is 0. The van der Waals surface area contributed by atoms with Crippen molar-refractivity contribution in [1.29, 1.82) is 0 Å². The van der Waals surface area contributed by atoms with Crippen molar-refractivity contribution in [2.45, 2.75) is 0 Å². The van der Waals surface area contributed by atoms with Gasteiger partial charge >= 0.3 is 19.5 Å². The molecule has 0 fully saturated rings. The van der Waals surface area contributed by atoms with Crippen molar-refractivity contribution in [1.82, 2.24) is 0 Å². The molecule has 0 saturated heterocycles. The van der Waals surface area contributed by atoms with Crippen LogP contribution in [0.5, 0.6) is 0 Å². The van der Waals surface area contributed by atoms with Gasteiger partial charge in [-0.1, -0.05) is 0 Å². The minimum Gasteiger partial charge on any atom is -0.759 e. The van der Waals surface area contributed by atoms with Gasteiger partial charge in [0, 0.05) is 68.8 Å². The van der Waals surface area contributed by atoms with Crippen molar-refractivity contribution in [2.24, 2.45) is 0 Å². The van der Waals surface area contributed by atoms with E-state index in [4.69, 9.17) is 17.5 Å². The van der Waals surface area contributed by atoms with Crippen LogP contribution in [-0.2, 0) is 88.3 Å². The average Bonchev–Trinajstić information content (AvgIpc) is 0.722. The first-order valence-corrected chi connectivity index (χ1v) is 2.00. The van der Waals surface area contributed by atoms with E-state index in [1.54, 1.807) is 0 Å². The molecule has 0 aliphatic carbocycles. The Labute approximate surface area is 137 Å². The maximum absolute atomic E-state index is 8.52. The van der Waals surface area contributed by atoms with Crippen LogP contribution in [0.4, 0.5) is 0 Å². The zero-order valence-electron chi connectivity index (χ0n) is 7.87. The van der Waals surface area contributed by atoms with E-state index < -0.39 is 10.4 Å². The first-order valence-electron chi connectivity index (χ1n) is 0.667. The third kappa shape index (κ3) is 713. The molecule has 0 aliphatic rings. The Bertz CT molecular complexity index is 101. The van der Waals surface area contributed by atoms with Crippen LogP contribution in [0.15, 0.2) is 0 Å². The predicted octanol–water partition coefficient (Wildman–Crippen LogP) is -6.30. The second-order valence-electron chi connectivity index (χ2n) is 0.408. The fourth-order valence-corrected chi connectivity index (χ4v) is 0. The largest absolute Gasteiger partial charge is 2.00 e. The summed E-state index contributed by atoms with van der Waals surface area (Å²) in [6.45, 7) is 0. The quantitative estimate of drug-likeness (QED) is 0.191. The first-order chi connectivity index (χ1) is 2.00. The van der Waals surface area contributed by atoms with Crippen LogP contribution in [0.1, 0.15) is 0 Å². The Morgan fingerprint density at radius 3 is 0.600 bits per heavy atom. The molecular weight excluding hydrogens is 454 g/mol. The molecule has 86 valence electrons. The Kier molecular flexibility index (Phi) is 442. The maximum atomic E-state index is 8.52. The molecule has 0 spiro atoms. The molecule has 0 bridgehead atoms. The molecule has 0 atom stereocenters. The Morgan fingerprint density at radius 1 is 0.600 bits per heavy atom. The van der Waals surface area contributed by atoms with Gasteiger partial charge in [-0.3, -0.25) is 8.42 Å². The maximum Gasteiger partial charge on any atom is 2.00 e. The van der Waals surface area contributed by atoms with Crippen LogP contribution < -0.4 is 0 Å². The minimum atomic E-state index is -5.17. The molecule has 0 rings (SSSR count). The Hall–Kier alpha value is 2.12. The van der Waals surface area contributed by atoms with Gasteiger partial charge in [0.15, 0.2) is 0 Å². The Morgan fingerprint density at radius 2 is 0.600 bits per heavy atom. The van der Waals surface area contributed by atoms with Gasteiger partial charge in [0.2, 0.25) is 0 Å². The summed E-state index contributed by atoms with van der Waals surface area (Å²) in [6.07, 6.45) is 0. The second-order valence-corrected chi connectivity index (χ2v) is 1.22. The van der Waals surface area contributed by atoms with E-state index in [1.165, 1.54) is 0 Å². The molecule has 0 saturated carbocycles. The van der Waals surface area contributed by atoms with Crippen LogP contribution in [0.25, 0.3) is 0 Å². The zero-order valence-corrected chi connectivity index (χ0v) is 20.6. The van der Waals surface area contributed by atoms with Gasteiger partial charge in [0.1, 0.15) is 0 Å². The standard InChI is InChI=1S/H2O4S.6H2O.4Zn/c1-5(2,3)4;;;;;;;;;;/h(H2,1,2,3,4);6*1H2;;;;/q;;;;;;;;;;+2/p-2. The van der Waals surface area contributed by atoms with Gasteiger partial charge in [0.05, 0.1) is 0 Å². The van der Waals surface area contributed by atoms with Crippen molar-refractivity contribution in [2.75, 3.05) is 0 Å². The summed E-state index contributed by atoms with van der Waals surface area (Å²) in [5.41, 5.74) is 0. The summed E-state index contributed by atoms with van der Waals surface area (Å²) in [7, 11) is -5.17. The topological polar surface area (TPSA) is 269 Å². The van der Waals surface area contributed by atoms with E-state index in [2.05, 4.69) is 0 Å². The zero-order chi connectivity index (χ0) is 4.50. The molecule has 10 nitrogen and oxygen atoms in total. The number of hydrogen-bond donors (Lipinski definition) is 0. The van der Waals surface area contributed by atoms with E-state index in [1.807, 2.05) is 0 Å². The minimum absolute atomic E-state index is 0. The molecule has 15 heteroatoms. The predicted molar refractivity (Wildman–Crippen MR) is 32.2 cm³/mol. The van der Waals surface area contributed by atoms with Gasteiger partial charge < -0.3 is 42.0 Å². The van der Waals surface area contributed by atoms with Gasteiger partial charge in [-0.15, -0.1) is 0 Å². The molecule has 12 N–H and O–H groups in total. The van der Waals surface area contributed by atoms with Crippen LogP contribution in [0, 0.1) is 0 Å². The SMILES string of the molecule is O.O.O.O.O.O.O=S(=O)([O-])[O-].[Zn+2].[Zn].[Zn].[Zn].